The minimum absolute atomic E-state index is 0.283. The van der Waals surface area contributed by atoms with E-state index >= 15 is 0 Å². The summed E-state index contributed by atoms with van der Waals surface area (Å²) in [6.07, 6.45) is 0. The maximum Gasteiger partial charge on any atom is 0.324 e. The zero-order valence-electron chi connectivity index (χ0n) is 8.07. The van der Waals surface area contributed by atoms with Crippen LogP contribution in [0.3, 0.4) is 0 Å². The number of benzene rings is 1. The van der Waals surface area contributed by atoms with Crippen molar-refractivity contribution in [2.45, 2.75) is 19.6 Å². The van der Waals surface area contributed by atoms with Crippen LogP contribution >= 0.6 is 0 Å². The molecular weight excluding hydrogens is 180 g/mol. The number of nitrogens with two attached hydrogens (primary N) is 1. The second kappa shape index (κ2) is 5.36. The monoisotopic (exact) mass is 194 g/mol. The van der Waals surface area contributed by atoms with Crippen molar-refractivity contribution in [1.82, 2.24) is 5.43 Å². The average molecular weight is 194 g/mol. The fourth-order valence-corrected chi connectivity index (χ4v) is 0.922. The van der Waals surface area contributed by atoms with E-state index in [9.17, 15) is 4.79 Å². The van der Waals surface area contributed by atoms with Crippen LogP contribution in [0.4, 0.5) is 0 Å². The Morgan fingerprint density at radius 3 is 2.71 bits per heavy atom. The third-order valence-electron chi connectivity index (χ3n) is 1.83. The van der Waals surface area contributed by atoms with Crippen LogP contribution in [0.1, 0.15) is 12.5 Å². The number of hydrazine groups is 1. The highest BCUT2D eigenvalue weighted by molar-refractivity contribution is 5.75. The van der Waals surface area contributed by atoms with Gasteiger partial charge >= 0.3 is 5.97 Å². The van der Waals surface area contributed by atoms with E-state index < -0.39 is 6.04 Å². The van der Waals surface area contributed by atoms with Crippen LogP contribution < -0.4 is 11.3 Å². The summed E-state index contributed by atoms with van der Waals surface area (Å²) in [5.41, 5.74) is 3.29. The first-order chi connectivity index (χ1) is 6.74. The molecule has 0 heterocycles. The molecule has 1 aromatic carbocycles. The third-order valence-corrected chi connectivity index (χ3v) is 1.83. The number of hydrogen-bond donors (Lipinski definition) is 2. The van der Waals surface area contributed by atoms with E-state index in [1.807, 2.05) is 30.3 Å². The smallest absolute Gasteiger partial charge is 0.324 e. The van der Waals surface area contributed by atoms with Crippen LogP contribution in [0.2, 0.25) is 0 Å². The average Bonchev–Trinajstić information content (AvgIpc) is 2.26. The Morgan fingerprint density at radius 1 is 1.50 bits per heavy atom. The summed E-state index contributed by atoms with van der Waals surface area (Å²) in [6.45, 7) is 1.93. The molecule has 0 bridgehead atoms. The zero-order chi connectivity index (χ0) is 10.4. The Kier molecular flexibility index (Phi) is 4.10. The first-order valence-corrected chi connectivity index (χ1v) is 4.40. The zero-order valence-corrected chi connectivity index (χ0v) is 8.07. The van der Waals surface area contributed by atoms with Crippen LogP contribution in [0.5, 0.6) is 0 Å². The van der Waals surface area contributed by atoms with Gasteiger partial charge in [-0.05, 0) is 12.5 Å². The van der Waals surface area contributed by atoms with Crippen molar-refractivity contribution in [2.24, 2.45) is 5.84 Å². The molecule has 0 fully saturated rings. The highest BCUT2D eigenvalue weighted by Gasteiger charge is 2.11. The van der Waals surface area contributed by atoms with E-state index in [1.165, 1.54) is 0 Å². The summed E-state index contributed by atoms with van der Waals surface area (Å²) in [7, 11) is 0. The van der Waals surface area contributed by atoms with Gasteiger partial charge in [-0.1, -0.05) is 30.3 Å². The normalized spacial score (nSPS) is 12.1. The van der Waals surface area contributed by atoms with Gasteiger partial charge in [0.15, 0.2) is 0 Å². The fourth-order valence-electron chi connectivity index (χ4n) is 0.922. The summed E-state index contributed by atoms with van der Waals surface area (Å²) in [4.78, 5) is 11.2. The highest BCUT2D eigenvalue weighted by Crippen LogP contribution is 2.01. The summed E-state index contributed by atoms with van der Waals surface area (Å²) < 4.78 is 5.00. The van der Waals surface area contributed by atoms with Crippen molar-refractivity contribution in [3.8, 4) is 0 Å². The van der Waals surface area contributed by atoms with Crippen LogP contribution in [0, 0.1) is 0 Å². The highest BCUT2D eigenvalue weighted by atomic mass is 16.5. The predicted octanol–water partition coefficient (Wildman–Crippen LogP) is 0.582. The molecule has 0 unspecified atom stereocenters. The lowest BCUT2D eigenvalue weighted by Gasteiger charge is -2.09. The van der Waals surface area contributed by atoms with Crippen molar-refractivity contribution < 1.29 is 9.53 Å². The predicted molar refractivity (Wildman–Crippen MR) is 53.0 cm³/mol. The molecule has 76 valence electrons. The number of carbonyl (C=O) groups excluding carboxylic acids is 1. The van der Waals surface area contributed by atoms with Crippen LogP contribution in [0.15, 0.2) is 30.3 Å². The van der Waals surface area contributed by atoms with Gasteiger partial charge in [0.05, 0.1) is 0 Å². The molecular formula is C10H14N2O2. The number of esters is 1. The molecule has 1 rings (SSSR count). The Labute approximate surface area is 83.0 Å². The number of carbonyl (C=O) groups is 1. The van der Waals surface area contributed by atoms with Gasteiger partial charge in [0.25, 0.3) is 0 Å². The second-order valence-corrected chi connectivity index (χ2v) is 2.98. The lowest BCUT2D eigenvalue weighted by atomic mass is 10.2. The van der Waals surface area contributed by atoms with E-state index in [2.05, 4.69) is 5.43 Å². The van der Waals surface area contributed by atoms with Crippen LogP contribution in [-0.2, 0) is 16.1 Å². The molecule has 0 aliphatic carbocycles. The number of ether oxygens (including phenoxy) is 1. The number of hydrogen-bond acceptors (Lipinski definition) is 4. The topological polar surface area (TPSA) is 64.3 Å². The van der Waals surface area contributed by atoms with Gasteiger partial charge in [0, 0.05) is 0 Å². The minimum Gasteiger partial charge on any atom is -0.460 e. The van der Waals surface area contributed by atoms with Crippen LogP contribution in [0.25, 0.3) is 0 Å². The Balaban J connectivity index is 2.38. The Hall–Kier alpha value is -1.39. The van der Waals surface area contributed by atoms with Crippen LogP contribution in [-0.4, -0.2) is 12.0 Å². The van der Waals surface area contributed by atoms with Gasteiger partial charge in [0.1, 0.15) is 12.6 Å². The molecule has 3 N–H and O–H groups in total. The Morgan fingerprint density at radius 2 is 2.14 bits per heavy atom. The molecule has 0 radical (unpaired) electrons. The lowest BCUT2D eigenvalue weighted by molar-refractivity contribution is -0.147. The molecule has 0 spiro atoms. The molecule has 0 saturated heterocycles. The van der Waals surface area contributed by atoms with E-state index in [-0.39, 0.29) is 12.6 Å². The maximum atomic E-state index is 11.2. The summed E-state index contributed by atoms with van der Waals surface area (Å²) in [6, 6.07) is 9.03. The van der Waals surface area contributed by atoms with Gasteiger partial charge in [-0.2, -0.15) is 0 Å². The molecule has 0 aromatic heterocycles. The quantitative estimate of drug-likeness (QED) is 0.418. The summed E-state index contributed by atoms with van der Waals surface area (Å²) in [5, 5.41) is 0. The van der Waals surface area contributed by atoms with E-state index in [4.69, 9.17) is 10.6 Å². The number of rotatable bonds is 4. The van der Waals surface area contributed by atoms with Gasteiger partial charge in [-0.3, -0.25) is 10.6 Å². The summed E-state index contributed by atoms with van der Waals surface area (Å²) >= 11 is 0. The van der Waals surface area contributed by atoms with Gasteiger partial charge < -0.3 is 4.74 Å². The molecule has 1 aromatic rings. The fraction of sp³-hybridized carbons (Fsp3) is 0.300. The molecule has 0 aliphatic rings. The molecule has 0 aliphatic heterocycles. The van der Waals surface area contributed by atoms with E-state index in [1.54, 1.807) is 6.92 Å². The van der Waals surface area contributed by atoms with E-state index in [0.717, 1.165) is 5.56 Å². The SMILES string of the molecule is C[C@H](NN)C(=O)OCc1ccccc1. The van der Waals surface area contributed by atoms with Crippen molar-refractivity contribution in [3.05, 3.63) is 35.9 Å². The molecule has 4 heteroatoms. The minimum atomic E-state index is -0.473. The molecule has 0 amide bonds. The van der Waals surface area contributed by atoms with Crippen molar-refractivity contribution in [1.29, 1.82) is 0 Å². The summed E-state index contributed by atoms with van der Waals surface area (Å²) in [5.74, 6) is 4.74. The molecule has 1 atom stereocenters. The third kappa shape index (κ3) is 3.16. The molecule has 4 nitrogen and oxygen atoms in total. The lowest BCUT2D eigenvalue weighted by Crippen LogP contribution is -2.39. The number of nitrogens with one attached hydrogen (secondary N) is 1. The van der Waals surface area contributed by atoms with Gasteiger partial charge in [-0.15, -0.1) is 0 Å². The van der Waals surface area contributed by atoms with E-state index in [0.29, 0.717) is 0 Å². The van der Waals surface area contributed by atoms with Crippen molar-refractivity contribution in [2.75, 3.05) is 0 Å². The first-order valence-electron chi connectivity index (χ1n) is 4.40. The standard InChI is InChI=1S/C10H14N2O2/c1-8(12-11)10(13)14-7-9-5-3-2-4-6-9/h2-6,8,12H,7,11H2,1H3/t8-/m0/s1. The molecule has 0 saturated carbocycles. The maximum absolute atomic E-state index is 11.2. The largest absolute Gasteiger partial charge is 0.460 e. The van der Waals surface area contributed by atoms with Gasteiger partial charge in [-0.25, -0.2) is 5.43 Å². The Bertz CT molecular complexity index is 287. The van der Waals surface area contributed by atoms with Gasteiger partial charge in [0.2, 0.25) is 0 Å². The van der Waals surface area contributed by atoms with Crippen molar-refractivity contribution in [3.63, 3.8) is 0 Å². The first kappa shape index (κ1) is 10.7. The molecule has 14 heavy (non-hydrogen) atoms. The van der Waals surface area contributed by atoms with Crippen molar-refractivity contribution >= 4 is 5.97 Å². The second-order valence-electron chi connectivity index (χ2n) is 2.98.